The minimum atomic E-state index is -3.14. The van der Waals surface area contributed by atoms with Gasteiger partial charge in [0.2, 0.25) is 0 Å². The van der Waals surface area contributed by atoms with Crippen LogP contribution in [0.2, 0.25) is 0 Å². The first-order chi connectivity index (χ1) is 13.8. The number of benzene rings is 1. The van der Waals surface area contributed by atoms with Gasteiger partial charge < -0.3 is 21.1 Å². The average molecular weight is 408 g/mol. The molecule has 2 atom stereocenters. The summed E-state index contributed by atoms with van der Waals surface area (Å²) in [5.74, 6) is -3.06. The fourth-order valence-corrected chi connectivity index (χ4v) is 3.59. The summed E-state index contributed by atoms with van der Waals surface area (Å²) >= 11 is 0. The molecule has 1 saturated heterocycles. The molecule has 0 aliphatic carbocycles. The predicted molar refractivity (Wildman–Crippen MR) is 106 cm³/mol. The topological polar surface area (TPSA) is 72.2 Å². The van der Waals surface area contributed by atoms with E-state index in [-0.39, 0.29) is 24.1 Å². The van der Waals surface area contributed by atoms with Crippen molar-refractivity contribution in [2.45, 2.75) is 25.4 Å². The molecule has 3 rings (SSSR count). The molecule has 0 saturated carbocycles. The fourth-order valence-electron chi connectivity index (χ4n) is 3.59. The molecule has 2 heterocycles. The van der Waals surface area contributed by atoms with Crippen molar-refractivity contribution >= 4 is 5.82 Å². The highest BCUT2D eigenvalue weighted by molar-refractivity contribution is 5.34. The van der Waals surface area contributed by atoms with Crippen LogP contribution in [0.5, 0.6) is 0 Å². The van der Waals surface area contributed by atoms with E-state index in [4.69, 9.17) is 10.5 Å². The van der Waals surface area contributed by atoms with Crippen LogP contribution in [0.15, 0.2) is 36.4 Å². The molecule has 29 heavy (non-hydrogen) atoms. The van der Waals surface area contributed by atoms with Crippen LogP contribution in [0.1, 0.15) is 16.8 Å². The van der Waals surface area contributed by atoms with Gasteiger partial charge in [-0.05, 0) is 43.2 Å². The van der Waals surface area contributed by atoms with E-state index in [0.29, 0.717) is 19.0 Å². The van der Waals surface area contributed by atoms with E-state index in [2.05, 4.69) is 15.6 Å². The van der Waals surface area contributed by atoms with Crippen LogP contribution >= 0.6 is 0 Å². The molecular weight excluding hydrogens is 381 g/mol. The van der Waals surface area contributed by atoms with Gasteiger partial charge in [0.15, 0.2) is 0 Å². The molecule has 158 valence electrons. The lowest BCUT2D eigenvalue weighted by Crippen LogP contribution is -2.34. The van der Waals surface area contributed by atoms with Crippen LogP contribution in [0.3, 0.4) is 0 Å². The number of nitrogens with zero attached hydrogens (tertiary/aromatic N) is 1. The summed E-state index contributed by atoms with van der Waals surface area (Å²) in [5, 5.41) is 6.00. The van der Waals surface area contributed by atoms with E-state index < -0.39 is 18.3 Å². The third kappa shape index (κ3) is 6.16. The van der Waals surface area contributed by atoms with E-state index >= 15 is 0 Å². The summed E-state index contributed by atoms with van der Waals surface area (Å²) in [4.78, 5) is 4.38. The quantitative estimate of drug-likeness (QED) is 0.557. The van der Waals surface area contributed by atoms with Gasteiger partial charge >= 0.3 is 0 Å². The normalized spacial score (nSPS) is 19.6. The zero-order valence-electron chi connectivity index (χ0n) is 16.4. The SMILES string of the molecule is Cc1cc(N)nc(C[C@@H]2CNCC2OCCNCC(F)(F)c2cccc(F)c2)c1. The van der Waals surface area contributed by atoms with Crippen LogP contribution in [-0.2, 0) is 17.1 Å². The fraction of sp³-hybridized carbons (Fsp3) is 0.476. The maximum Gasteiger partial charge on any atom is 0.285 e. The zero-order chi connectivity index (χ0) is 20.9. The Labute approximate surface area is 168 Å². The van der Waals surface area contributed by atoms with Crippen molar-refractivity contribution in [3.63, 3.8) is 0 Å². The van der Waals surface area contributed by atoms with Crippen LogP contribution in [0.4, 0.5) is 19.0 Å². The molecule has 1 aromatic carbocycles. The van der Waals surface area contributed by atoms with E-state index in [1.807, 2.05) is 19.1 Å². The number of halogens is 3. The summed E-state index contributed by atoms with van der Waals surface area (Å²) in [6, 6.07) is 8.36. The first kappa shape index (κ1) is 21.5. The largest absolute Gasteiger partial charge is 0.384 e. The Morgan fingerprint density at radius 3 is 2.86 bits per heavy atom. The lowest BCUT2D eigenvalue weighted by molar-refractivity contribution is -0.00825. The van der Waals surface area contributed by atoms with Gasteiger partial charge in [-0.2, -0.15) is 8.78 Å². The molecule has 5 nitrogen and oxygen atoms in total. The summed E-state index contributed by atoms with van der Waals surface area (Å²) in [5.41, 5.74) is 7.48. The van der Waals surface area contributed by atoms with Crippen LogP contribution < -0.4 is 16.4 Å². The summed E-state index contributed by atoms with van der Waals surface area (Å²) in [6.45, 7) is 3.53. The van der Waals surface area contributed by atoms with Gasteiger partial charge in [0.05, 0.1) is 19.3 Å². The van der Waals surface area contributed by atoms with E-state index in [1.165, 1.54) is 12.1 Å². The summed E-state index contributed by atoms with van der Waals surface area (Å²) in [6.07, 6.45) is 0.735. The van der Waals surface area contributed by atoms with Crippen molar-refractivity contribution in [1.82, 2.24) is 15.6 Å². The van der Waals surface area contributed by atoms with Crippen molar-refractivity contribution in [1.29, 1.82) is 0 Å². The first-order valence-electron chi connectivity index (χ1n) is 9.73. The number of hydrogen-bond acceptors (Lipinski definition) is 5. The number of nitrogen functional groups attached to an aromatic ring is 1. The third-order valence-corrected chi connectivity index (χ3v) is 5.00. The Morgan fingerprint density at radius 2 is 2.10 bits per heavy atom. The zero-order valence-corrected chi connectivity index (χ0v) is 16.4. The highest BCUT2D eigenvalue weighted by atomic mass is 19.3. The average Bonchev–Trinajstić information content (AvgIpc) is 3.07. The lowest BCUT2D eigenvalue weighted by Gasteiger charge is -2.21. The maximum absolute atomic E-state index is 14.1. The van der Waals surface area contributed by atoms with Gasteiger partial charge in [-0.1, -0.05) is 12.1 Å². The minimum absolute atomic E-state index is 0.0101. The van der Waals surface area contributed by atoms with Crippen molar-refractivity contribution in [3.05, 3.63) is 59.0 Å². The van der Waals surface area contributed by atoms with Crippen molar-refractivity contribution in [2.24, 2.45) is 5.92 Å². The lowest BCUT2D eigenvalue weighted by atomic mass is 9.99. The molecule has 8 heteroatoms. The predicted octanol–water partition coefficient (Wildman–Crippen LogP) is 2.64. The number of alkyl halides is 2. The van der Waals surface area contributed by atoms with E-state index in [1.54, 1.807) is 0 Å². The van der Waals surface area contributed by atoms with Gasteiger partial charge in [0, 0.05) is 36.8 Å². The molecule has 0 amide bonds. The molecule has 0 spiro atoms. The van der Waals surface area contributed by atoms with Crippen LogP contribution in [0.25, 0.3) is 0 Å². The van der Waals surface area contributed by atoms with Crippen LogP contribution in [0, 0.1) is 18.7 Å². The van der Waals surface area contributed by atoms with Gasteiger partial charge in [0.25, 0.3) is 5.92 Å². The van der Waals surface area contributed by atoms with E-state index in [9.17, 15) is 13.2 Å². The molecule has 4 N–H and O–H groups in total. The molecule has 1 fully saturated rings. The Morgan fingerprint density at radius 1 is 1.28 bits per heavy atom. The molecule has 1 aliphatic rings. The molecular formula is C21H27F3N4O. The minimum Gasteiger partial charge on any atom is -0.384 e. The Kier molecular flexibility index (Phi) is 7.10. The van der Waals surface area contributed by atoms with Gasteiger partial charge in [0.1, 0.15) is 11.6 Å². The van der Waals surface area contributed by atoms with Crippen molar-refractivity contribution < 1.29 is 17.9 Å². The second-order valence-electron chi connectivity index (χ2n) is 7.48. The molecule has 2 aromatic rings. The van der Waals surface area contributed by atoms with Gasteiger partial charge in [-0.3, -0.25) is 0 Å². The summed E-state index contributed by atoms with van der Waals surface area (Å²) < 4.78 is 47.3. The smallest absolute Gasteiger partial charge is 0.285 e. The number of nitrogens with two attached hydrogens (primary N) is 1. The molecule has 1 aliphatic heterocycles. The number of aryl methyl sites for hydroxylation is 1. The van der Waals surface area contributed by atoms with Crippen molar-refractivity contribution in [2.75, 3.05) is 38.5 Å². The second kappa shape index (κ2) is 9.56. The van der Waals surface area contributed by atoms with Crippen LogP contribution in [-0.4, -0.2) is 43.9 Å². The third-order valence-electron chi connectivity index (χ3n) is 5.00. The Balaban J connectivity index is 1.42. The second-order valence-corrected chi connectivity index (χ2v) is 7.48. The monoisotopic (exact) mass is 408 g/mol. The van der Waals surface area contributed by atoms with Gasteiger partial charge in [-0.15, -0.1) is 0 Å². The van der Waals surface area contributed by atoms with E-state index in [0.717, 1.165) is 36.4 Å². The highest BCUT2D eigenvalue weighted by Gasteiger charge is 2.31. The number of nitrogens with one attached hydrogen (secondary N) is 2. The highest BCUT2D eigenvalue weighted by Crippen LogP contribution is 2.27. The number of rotatable bonds is 9. The molecule has 0 bridgehead atoms. The maximum atomic E-state index is 14.1. The first-order valence-corrected chi connectivity index (χ1v) is 9.73. The molecule has 0 radical (unpaired) electrons. The number of ether oxygens (including phenoxy) is 1. The Hall–Kier alpha value is -2.16. The molecule has 1 unspecified atom stereocenters. The van der Waals surface area contributed by atoms with Crippen molar-refractivity contribution in [3.8, 4) is 0 Å². The summed E-state index contributed by atoms with van der Waals surface area (Å²) in [7, 11) is 0. The number of hydrogen-bond donors (Lipinski definition) is 3. The number of pyridine rings is 1. The molecule has 1 aromatic heterocycles. The standard InChI is InChI=1S/C21H27F3N4O/c1-14-7-18(28-20(25)8-14)9-15-11-27-12-19(15)29-6-5-26-13-21(23,24)16-3-2-4-17(22)10-16/h2-4,7-8,10,15,19,26-27H,5-6,9,11-13H2,1H3,(H2,25,28)/t15-,19?/m1/s1. The Bertz CT molecular complexity index is 798. The number of aromatic nitrogens is 1. The van der Waals surface area contributed by atoms with Gasteiger partial charge in [-0.25, -0.2) is 9.37 Å². The number of anilines is 1.